The molecular formula is C11H16FNO. The molecule has 3 heteroatoms. The third-order valence-corrected chi connectivity index (χ3v) is 1.94. The van der Waals surface area contributed by atoms with Crippen LogP contribution in [0, 0.1) is 5.82 Å². The SMILES string of the molecule is C[C@H](O)CN(C)Cc1ccc(F)cc1. The van der Waals surface area contributed by atoms with E-state index in [1.54, 1.807) is 19.1 Å². The Morgan fingerprint density at radius 2 is 1.93 bits per heavy atom. The number of rotatable bonds is 4. The number of likely N-dealkylation sites (N-methyl/N-ethyl adjacent to an activating group) is 1. The van der Waals surface area contributed by atoms with Crippen molar-refractivity contribution in [2.75, 3.05) is 13.6 Å². The summed E-state index contributed by atoms with van der Waals surface area (Å²) in [5.74, 6) is -0.216. The molecule has 0 bridgehead atoms. The largest absolute Gasteiger partial charge is 0.392 e. The van der Waals surface area contributed by atoms with E-state index >= 15 is 0 Å². The molecule has 14 heavy (non-hydrogen) atoms. The molecule has 0 saturated heterocycles. The second-order valence-corrected chi connectivity index (χ2v) is 3.67. The number of hydrogen-bond donors (Lipinski definition) is 1. The summed E-state index contributed by atoms with van der Waals surface area (Å²) in [6.07, 6.45) is -0.333. The summed E-state index contributed by atoms with van der Waals surface area (Å²) >= 11 is 0. The Hall–Kier alpha value is -0.930. The minimum Gasteiger partial charge on any atom is -0.392 e. The van der Waals surface area contributed by atoms with Gasteiger partial charge in [-0.05, 0) is 31.7 Å². The normalized spacial score (nSPS) is 13.2. The summed E-state index contributed by atoms with van der Waals surface area (Å²) < 4.78 is 12.6. The molecule has 0 aliphatic rings. The van der Waals surface area contributed by atoms with E-state index < -0.39 is 0 Å². The summed E-state index contributed by atoms with van der Waals surface area (Å²) in [7, 11) is 1.93. The van der Waals surface area contributed by atoms with Crippen molar-refractivity contribution in [3.05, 3.63) is 35.6 Å². The maximum Gasteiger partial charge on any atom is 0.123 e. The molecule has 1 atom stereocenters. The number of nitrogens with zero attached hydrogens (tertiary/aromatic N) is 1. The fraction of sp³-hybridized carbons (Fsp3) is 0.455. The molecule has 0 unspecified atom stereocenters. The standard InChI is InChI=1S/C11H16FNO/c1-9(14)7-13(2)8-10-3-5-11(12)6-4-10/h3-6,9,14H,7-8H2,1-2H3/t9-/m0/s1. The van der Waals surface area contributed by atoms with Gasteiger partial charge in [-0.2, -0.15) is 0 Å². The molecule has 0 amide bonds. The number of hydrogen-bond acceptors (Lipinski definition) is 2. The lowest BCUT2D eigenvalue weighted by molar-refractivity contribution is 0.138. The molecule has 0 aromatic heterocycles. The van der Waals surface area contributed by atoms with Crippen molar-refractivity contribution in [3.63, 3.8) is 0 Å². The average molecular weight is 197 g/mol. The highest BCUT2D eigenvalue weighted by molar-refractivity contribution is 5.15. The van der Waals surface area contributed by atoms with Gasteiger partial charge in [0.15, 0.2) is 0 Å². The van der Waals surface area contributed by atoms with Crippen molar-refractivity contribution in [1.29, 1.82) is 0 Å². The van der Waals surface area contributed by atoms with Crippen LogP contribution in [-0.2, 0) is 6.54 Å². The zero-order chi connectivity index (χ0) is 10.6. The van der Waals surface area contributed by atoms with Crippen LogP contribution in [0.15, 0.2) is 24.3 Å². The highest BCUT2D eigenvalue weighted by Gasteiger charge is 2.03. The Labute approximate surface area is 84.0 Å². The lowest BCUT2D eigenvalue weighted by Crippen LogP contribution is -2.26. The van der Waals surface area contributed by atoms with Crippen molar-refractivity contribution in [1.82, 2.24) is 4.90 Å². The maximum absolute atomic E-state index is 12.6. The van der Waals surface area contributed by atoms with E-state index in [-0.39, 0.29) is 11.9 Å². The number of benzene rings is 1. The summed E-state index contributed by atoms with van der Waals surface area (Å²) in [5, 5.41) is 9.14. The fourth-order valence-electron chi connectivity index (χ4n) is 1.42. The average Bonchev–Trinajstić information content (AvgIpc) is 2.07. The highest BCUT2D eigenvalue weighted by atomic mass is 19.1. The van der Waals surface area contributed by atoms with Crippen LogP contribution in [0.25, 0.3) is 0 Å². The van der Waals surface area contributed by atoms with Crippen LogP contribution < -0.4 is 0 Å². The topological polar surface area (TPSA) is 23.5 Å². The molecule has 1 rings (SSSR count). The van der Waals surface area contributed by atoms with Gasteiger partial charge < -0.3 is 5.11 Å². The Morgan fingerprint density at radius 1 is 1.36 bits per heavy atom. The number of aliphatic hydroxyl groups is 1. The van der Waals surface area contributed by atoms with Gasteiger partial charge >= 0.3 is 0 Å². The lowest BCUT2D eigenvalue weighted by atomic mass is 10.2. The smallest absolute Gasteiger partial charge is 0.123 e. The van der Waals surface area contributed by atoms with Crippen LogP contribution in [0.5, 0.6) is 0 Å². The van der Waals surface area contributed by atoms with E-state index in [2.05, 4.69) is 0 Å². The van der Waals surface area contributed by atoms with E-state index in [1.165, 1.54) is 12.1 Å². The molecule has 1 aromatic rings. The summed E-state index contributed by atoms with van der Waals surface area (Å²) in [6, 6.07) is 6.42. The summed E-state index contributed by atoms with van der Waals surface area (Å²) in [5.41, 5.74) is 1.05. The minimum absolute atomic E-state index is 0.216. The zero-order valence-corrected chi connectivity index (χ0v) is 8.57. The van der Waals surface area contributed by atoms with Gasteiger partial charge in [0.05, 0.1) is 6.10 Å². The van der Waals surface area contributed by atoms with Gasteiger partial charge in [0, 0.05) is 13.1 Å². The molecule has 0 aliphatic heterocycles. The van der Waals surface area contributed by atoms with Gasteiger partial charge in [0.25, 0.3) is 0 Å². The van der Waals surface area contributed by atoms with Gasteiger partial charge in [-0.1, -0.05) is 12.1 Å². The van der Waals surface area contributed by atoms with Gasteiger partial charge in [0.1, 0.15) is 5.82 Å². The molecular weight excluding hydrogens is 181 g/mol. The van der Waals surface area contributed by atoms with E-state index in [0.29, 0.717) is 6.54 Å². The predicted molar refractivity (Wildman–Crippen MR) is 54.4 cm³/mol. The molecule has 78 valence electrons. The first-order valence-corrected chi connectivity index (χ1v) is 4.69. The third kappa shape index (κ3) is 3.85. The summed E-state index contributed by atoms with van der Waals surface area (Å²) in [4.78, 5) is 2.00. The van der Waals surface area contributed by atoms with Crippen molar-refractivity contribution >= 4 is 0 Å². The fourth-order valence-corrected chi connectivity index (χ4v) is 1.42. The van der Waals surface area contributed by atoms with Crippen molar-refractivity contribution in [3.8, 4) is 0 Å². The van der Waals surface area contributed by atoms with E-state index in [4.69, 9.17) is 5.11 Å². The number of aliphatic hydroxyl groups excluding tert-OH is 1. The number of halogens is 1. The van der Waals surface area contributed by atoms with Crippen LogP contribution in [0.4, 0.5) is 4.39 Å². The van der Waals surface area contributed by atoms with Gasteiger partial charge in [-0.15, -0.1) is 0 Å². The summed E-state index contributed by atoms with van der Waals surface area (Å²) in [6.45, 7) is 3.10. The molecule has 0 radical (unpaired) electrons. The maximum atomic E-state index is 12.6. The third-order valence-electron chi connectivity index (χ3n) is 1.94. The molecule has 0 aliphatic carbocycles. The molecule has 0 saturated carbocycles. The van der Waals surface area contributed by atoms with Crippen LogP contribution in [0.1, 0.15) is 12.5 Å². The van der Waals surface area contributed by atoms with Crippen LogP contribution in [-0.4, -0.2) is 29.7 Å². The quantitative estimate of drug-likeness (QED) is 0.793. The molecule has 0 spiro atoms. The van der Waals surface area contributed by atoms with Crippen LogP contribution >= 0.6 is 0 Å². The van der Waals surface area contributed by atoms with Crippen LogP contribution in [0.2, 0.25) is 0 Å². The lowest BCUT2D eigenvalue weighted by Gasteiger charge is -2.18. The van der Waals surface area contributed by atoms with E-state index in [9.17, 15) is 4.39 Å². The monoisotopic (exact) mass is 197 g/mol. The van der Waals surface area contributed by atoms with Gasteiger partial charge in [-0.3, -0.25) is 4.90 Å². The predicted octanol–water partition coefficient (Wildman–Crippen LogP) is 1.64. The Balaban J connectivity index is 2.47. The van der Waals surface area contributed by atoms with Crippen molar-refractivity contribution in [2.45, 2.75) is 19.6 Å². The molecule has 1 N–H and O–H groups in total. The van der Waals surface area contributed by atoms with E-state index in [0.717, 1.165) is 12.1 Å². The first-order chi connectivity index (χ1) is 6.58. The van der Waals surface area contributed by atoms with Gasteiger partial charge in [-0.25, -0.2) is 4.39 Å². The Bertz CT molecular complexity index is 271. The Kier molecular flexibility index (Phi) is 4.04. The minimum atomic E-state index is -0.333. The highest BCUT2D eigenvalue weighted by Crippen LogP contribution is 2.05. The first kappa shape index (κ1) is 11.1. The second kappa shape index (κ2) is 5.08. The van der Waals surface area contributed by atoms with Crippen molar-refractivity contribution in [2.24, 2.45) is 0 Å². The van der Waals surface area contributed by atoms with Crippen LogP contribution in [0.3, 0.4) is 0 Å². The van der Waals surface area contributed by atoms with Crippen molar-refractivity contribution < 1.29 is 9.50 Å². The Morgan fingerprint density at radius 3 is 2.43 bits per heavy atom. The zero-order valence-electron chi connectivity index (χ0n) is 8.57. The molecule has 0 heterocycles. The first-order valence-electron chi connectivity index (χ1n) is 4.69. The molecule has 2 nitrogen and oxygen atoms in total. The van der Waals surface area contributed by atoms with Gasteiger partial charge in [0.2, 0.25) is 0 Å². The molecule has 0 fully saturated rings. The second-order valence-electron chi connectivity index (χ2n) is 3.67. The molecule has 1 aromatic carbocycles. The van der Waals surface area contributed by atoms with E-state index in [1.807, 2.05) is 11.9 Å².